The first kappa shape index (κ1) is 27.1. The second-order valence-corrected chi connectivity index (χ2v) is 8.53. The van der Waals surface area contributed by atoms with E-state index in [-0.39, 0.29) is 24.0 Å². The zero-order valence-corrected chi connectivity index (χ0v) is 19.4. The Bertz CT molecular complexity index is 855. The van der Waals surface area contributed by atoms with E-state index >= 15 is 0 Å². The lowest BCUT2D eigenvalue weighted by molar-refractivity contribution is -0.144. The fraction of sp³-hybridized carbons (Fsp3) is 0.565. The van der Waals surface area contributed by atoms with Crippen LogP contribution < -0.4 is 21.3 Å². The van der Waals surface area contributed by atoms with E-state index in [2.05, 4.69) is 21.3 Å². The van der Waals surface area contributed by atoms with Crippen LogP contribution in [0.25, 0.3) is 0 Å². The third-order valence-electron chi connectivity index (χ3n) is 5.98. The Labute approximate surface area is 198 Å². The van der Waals surface area contributed by atoms with Gasteiger partial charge in [-0.2, -0.15) is 0 Å². The highest BCUT2D eigenvalue weighted by atomic mass is 16.4. The van der Waals surface area contributed by atoms with Crippen molar-refractivity contribution in [2.45, 2.75) is 63.7 Å². The number of nitrogens with one attached hydrogen (secondary N) is 4. The Morgan fingerprint density at radius 1 is 1.06 bits per heavy atom. The zero-order chi connectivity index (χ0) is 25.3. The minimum atomic E-state index is -1.40. The number of hydrogen-bond donors (Lipinski definition) is 7. The van der Waals surface area contributed by atoms with Gasteiger partial charge in [-0.1, -0.05) is 32.4 Å². The van der Waals surface area contributed by atoms with Crippen LogP contribution >= 0.6 is 0 Å². The van der Waals surface area contributed by atoms with Gasteiger partial charge >= 0.3 is 5.97 Å². The van der Waals surface area contributed by atoms with Gasteiger partial charge in [-0.3, -0.25) is 14.4 Å². The predicted molar refractivity (Wildman–Crippen MR) is 123 cm³/mol. The van der Waals surface area contributed by atoms with Gasteiger partial charge in [0.1, 0.15) is 23.9 Å². The molecule has 11 nitrogen and oxygen atoms in total. The molecule has 0 bridgehead atoms. The summed E-state index contributed by atoms with van der Waals surface area (Å²) in [4.78, 5) is 49.8. The highest BCUT2D eigenvalue weighted by Gasteiger charge is 2.32. The lowest BCUT2D eigenvalue weighted by Gasteiger charge is -2.26. The SMILES string of the molecule is CCC(C)C(NC(=O)C(CO)NC(=O)C(Cc1ccc(O)cc1)NC(=O)C1CCCN1)C(=O)O. The van der Waals surface area contributed by atoms with Gasteiger partial charge in [-0.25, -0.2) is 4.79 Å². The number of benzene rings is 1. The quantitative estimate of drug-likeness (QED) is 0.205. The van der Waals surface area contributed by atoms with E-state index in [0.717, 1.165) is 6.42 Å². The van der Waals surface area contributed by atoms with E-state index in [1.807, 2.05) is 0 Å². The summed E-state index contributed by atoms with van der Waals surface area (Å²) in [6.45, 7) is 3.40. The second-order valence-electron chi connectivity index (χ2n) is 8.53. The molecule has 5 unspecified atom stereocenters. The van der Waals surface area contributed by atoms with Gasteiger partial charge in [0.25, 0.3) is 0 Å². The summed E-state index contributed by atoms with van der Waals surface area (Å²) in [6, 6.07) is 2.05. The molecule has 11 heteroatoms. The number of carboxylic acids is 1. The van der Waals surface area contributed by atoms with Gasteiger partial charge < -0.3 is 36.6 Å². The molecule has 1 aliphatic heterocycles. The summed E-state index contributed by atoms with van der Waals surface area (Å²) in [5, 5.41) is 39.1. The number of aliphatic hydroxyl groups is 1. The second kappa shape index (κ2) is 12.9. The predicted octanol–water partition coefficient (Wildman–Crippen LogP) is -0.736. The Morgan fingerprint density at radius 3 is 2.24 bits per heavy atom. The number of phenolic OH excluding ortho intramolecular Hbond substituents is 1. The van der Waals surface area contributed by atoms with E-state index in [1.165, 1.54) is 12.1 Å². The number of carbonyl (C=O) groups excluding carboxylic acids is 3. The number of aliphatic carboxylic acids is 1. The molecule has 3 amide bonds. The fourth-order valence-electron chi connectivity index (χ4n) is 3.66. The van der Waals surface area contributed by atoms with Crippen molar-refractivity contribution in [2.75, 3.05) is 13.2 Å². The van der Waals surface area contributed by atoms with Crippen LogP contribution in [0.2, 0.25) is 0 Å². The minimum absolute atomic E-state index is 0.0512. The average Bonchev–Trinajstić information content (AvgIpc) is 3.36. The van der Waals surface area contributed by atoms with Gasteiger partial charge in [-0.15, -0.1) is 0 Å². The smallest absolute Gasteiger partial charge is 0.326 e. The highest BCUT2D eigenvalue weighted by molar-refractivity contribution is 5.94. The molecule has 1 heterocycles. The summed E-state index contributed by atoms with van der Waals surface area (Å²) < 4.78 is 0. The van der Waals surface area contributed by atoms with Crippen LogP contribution in [0.3, 0.4) is 0 Å². The fourth-order valence-corrected chi connectivity index (χ4v) is 3.66. The summed E-state index contributed by atoms with van der Waals surface area (Å²) in [5.74, 6) is -3.43. The molecule has 2 rings (SSSR count). The normalized spacial score (nSPS) is 18.9. The zero-order valence-electron chi connectivity index (χ0n) is 19.4. The van der Waals surface area contributed by atoms with Crippen LogP contribution in [-0.4, -0.2) is 76.3 Å². The number of aromatic hydroxyl groups is 1. The van der Waals surface area contributed by atoms with Crippen molar-refractivity contribution in [3.05, 3.63) is 29.8 Å². The van der Waals surface area contributed by atoms with Gasteiger partial charge in [0, 0.05) is 6.42 Å². The number of carbonyl (C=O) groups is 4. The summed E-state index contributed by atoms with van der Waals surface area (Å²) in [7, 11) is 0. The topological polar surface area (TPSA) is 177 Å². The number of amides is 3. The molecule has 0 aliphatic carbocycles. The average molecular weight is 479 g/mol. The van der Waals surface area contributed by atoms with Crippen LogP contribution in [0.1, 0.15) is 38.7 Å². The van der Waals surface area contributed by atoms with Crippen LogP contribution in [0.5, 0.6) is 5.75 Å². The van der Waals surface area contributed by atoms with Gasteiger partial charge in [0.15, 0.2) is 0 Å². The molecule has 0 spiro atoms. The molecule has 34 heavy (non-hydrogen) atoms. The van der Waals surface area contributed by atoms with Gasteiger partial charge in [0.2, 0.25) is 17.7 Å². The van der Waals surface area contributed by atoms with Crippen LogP contribution in [-0.2, 0) is 25.6 Å². The number of phenols is 1. The van der Waals surface area contributed by atoms with Crippen LogP contribution in [0.15, 0.2) is 24.3 Å². The number of hydrogen-bond acceptors (Lipinski definition) is 7. The monoisotopic (exact) mass is 478 g/mol. The summed E-state index contributed by atoms with van der Waals surface area (Å²) in [5.41, 5.74) is 0.658. The Morgan fingerprint density at radius 2 is 1.71 bits per heavy atom. The van der Waals surface area contributed by atoms with E-state index in [0.29, 0.717) is 24.9 Å². The number of carboxylic acid groups (broad SMARTS) is 1. The molecular formula is C23H34N4O7. The molecule has 1 aromatic carbocycles. The lowest BCUT2D eigenvalue weighted by atomic mass is 9.99. The summed E-state index contributed by atoms with van der Waals surface area (Å²) >= 11 is 0. The molecule has 0 radical (unpaired) electrons. The molecule has 1 aliphatic rings. The van der Waals surface area contributed by atoms with Crippen molar-refractivity contribution in [1.82, 2.24) is 21.3 Å². The van der Waals surface area contributed by atoms with E-state index in [4.69, 9.17) is 0 Å². The largest absolute Gasteiger partial charge is 0.508 e. The molecule has 0 saturated carbocycles. The number of rotatable bonds is 12. The Balaban J connectivity index is 2.13. The number of aliphatic hydroxyl groups excluding tert-OH is 1. The maximum Gasteiger partial charge on any atom is 0.326 e. The molecule has 188 valence electrons. The van der Waals surface area contributed by atoms with Crippen molar-refractivity contribution in [3.63, 3.8) is 0 Å². The Kier molecular flexibility index (Phi) is 10.3. The van der Waals surface area contributed by atoms with Crippen molar-refractivity contribution < 1.29 is 34.5 Å². The van der Waals surface area contributed by atoms with Crippen molar-refractivity contribution in [2.24, 2.45) is 5.92 Å². The van der Waals surface area contributed by atoms with Crippen molar-refractivity contribution in [3.8, 4) is 5.75 Å². The maximum absolute atomic E-state index is 13.0. The highest BCUT2D eigenvalue weighted by Crippen LogP contribution is 2.13. The first-order valence-electron chi connectivity index (χ1n) is 11.4. The third kappa shape index (κ3) is 7.70. The lowest BCUT2D eigenvalue weighted by Crippen LogP contribution is -2.59. The van der Waals surface area contributed by atoms with E-state index < -0.39 is 48.6 Å². The molecule has 1 fully saturated rings. The Hall–Kier alpha value is -3.18. The summed E-state index contributed by atoms with van der Waals surface area (Å²) in [6.07, 6.45) is 2.05. The molecule has 1 aromatic rings. The van der Waals surface area contributed by atoms with Crippen molar-refractivity contribution in [1.29, 1.82) is 0 Å². The molecule has 0 aromatic heterocycles. The molecule has 5 atom stereocenters. The standard InChI is InChI=1S/C23H34N4O7/c1-3-13(2)19(23(33)34)27-22(32)18(12-28)26-21(31)17(11-14-6-8-15(29)9-7-14)25-20(30)16-5-4-10-24-16/h6-9,13,16-19,24,28-29H,3-5,10-12H2,1-2H3,(H,25,30)(H,26,31)(H,27,32)(H,33,34). The first-order chi connectivity index (χ1) is 16.2. The minimum Gasteiger partial charge on any atom is -0.508 e. The van der Waals surface area contributed by atoms with Crippen LogP contribution in [0, 0.1) is 5.92 Å². The van der Waals surface area contributed by atoms with Gasteiger partial charge in [-0.05, 0) is 43.0 Å². The molecule has 1 saturated heterocycles. The van der Waals surface area contributed by atoms with Gasteiger partial charge in [0.05, 0.1) is 12.6 Å². The van der Waals surface area contributed by atoms with E-state index in [1.54, 1.807) is 26.0 Å². The first-order valence-corrected chi connectivity index (χ1v) is 11.4. The molecular weight excluding hydrogens is 444 g/mol. The third-order valence-corrected chi connectivity index (χ3v) is 5.98. The van der Waals surface area contributed by atoms with Crippen molar-refractivity contribution >= 4 is 23.7 Å². The van der Waals surface area contributed by atoms with E-state index in [9.17, 15) is 34.5 Å². The van der Waals surface area contributed by atoms with Crippen LogP contribution in [0.4, 0.5) is 0 Å². The molecule has 7 N–H and O–H groups in total. The maximum atomic E-state index is 13.0.